The minimum atomic E-state index is -2.67. The number of halogens is 5. The van der Waals surface area contributed by atoms with Gasteiger partial charge in [-0.1, -0.05) is 34.4 Å². The first kappa shape index (κ1) is 17.0. The van der Waals surface area contributed by atoms with Crippen LogP contribution in [0, 0.1) is 5.82 Å². The smallest absolute Gasteiger partial charge is 0.207 e. The molecule has 0 fully saturated rings. The molecule has 3 rings (SSSR count). The Bertz CT molecular complexity index is 865. The van der Waals surface area contributed by atoms with E-state index in [1.54, 1.807) is 25.2 Å². The van der Waals surface area contributed by atoms with Crippen molar-refractivity contribution >= 4 is 34.6 Å². The second kappa shape index (κ2) is 6.24. The molecule has 0 N–H and O–H groups in total. The first-order valence-electron chi connectivity index (χ1n) is 6.99. The van der Waals surface area contributed by atoms with Crippen LogP contribution in [-0.4, -0.2) is 19.2 Å². The van der Waals surface area contributed by atoms with Crippen LogP contribution in [0.1, 0.15) is 0 Å². The lowest BCUT2D eigenvalue weighted by atomic mass is 10.0. The maximum Gasteiger partial charge on any atom is 0.285 e. The van der Waals surface area contributed by atoms with Crippen molar-refractivity contribution in [3.05, 3.63) is 64.5 Å². The summed E-state index contributed by atoms with van der Waals surface area (Å²) in [5.41, 5.74) is 1.34. The quantitative estimate of drug-likeness (QED) is 0.597. The third-order valence-electron chi connectivity index (χ3n) is 3.76. The Hall–Kier alpha value is -1.82. The van der Waals surface area contributed by atoms with Gasteiger partial charge in [0.05, 0.1) is 10.0 Å². The second-order valence-corrected chi connectivity index (χ2v) is 6.27. The average Bonchev–Trinajstić information content (AvgIpc) is 2.93. The van der Waals surface area contributed by atoms with Crippen molar-refractivity contribution < 1.29 is 13.2 Å². The van der Waals surface area contributed by atoms with E-state index >= 15 is 0 Å². The van der Waals surface area contributed by atoms with Gasteiger partial charge in [-0.05, 0) is 29.8 Å². The lowest BCUT2D eigenvalue weighted by Crippen LogP contribution is -2.31. The summed E-state index contributed by atoms with van der Waals surface area (Å²) in [7, 11) is 1.64. The highest BCUT2D eigenvalue weighted by Gasteiger charge is 2.34. The normalized spacial score (nSPS) is 19.9. The molecule has 0 aliphatic carbocycles. The fraction of sp³-hybridized carbons (Fsp3) is 0.118. The Morgan fingerprint density at radius 1 is 1.04 bits per heavy atom. The topological polar surface area (TPSA) is 12.4 Å². The van der Waals surface area contributed by atoms with Gasteiger partial charge in [-0.15, -0.1) is 4.59 Å². The molecule has 0 spiro atoms. The van der Waals surface area contributed by atoms with Gasteiger partial charge in [0.25, 0.3) is 6.43 Å². The summed E-state index contributed by atoms with van der Waals surface area (Å²) in [5.74, 6) is -0.451. The summed E-state index contributed by atoms with van der Waals surface area (Å²) < 4.78 is 39.3. The van der Waals surface area contributed by atoms with E-state index in [-0.39, 0.29) is 10.3 Å². The van der Waals surface area contributed by atoms with E-state index in [4.69, 9.17) is 23.2 Å². The lowest BCUT2D eigenvalue weighted by Gasteiger charge is -2.23. The van der Waals surface area contributed by atoms with Gasteiger partial charge >= 0.3 is 0 Å². The van der Waals surface area contributed by atoms with E-state index in [1.165, 1.54) is 30.5 Å². The zero-order valence-corrected chi connectivity index (χ0v) is 14.0. The van der Waals surface area contributed by atoms with E-state index in [2.05, 4.69) is 5.10 Å². The van der Waals surface area contributed by atoms with Gasteiger partial charge in [-0.25, -0.2) is 13.2 Å². The number of nitrogens with zero attached hydrogens (tertiary/aromatic N) is 2. The van der Waals surface area contributed by atoms with Crippen LogP contribution >= 0.6 is 23.2 Å². The molecule has 24 heavy (non-hydrogen) atoms. The number of rotatable bonds is 3. The summed E-state index contributed by atoms with van der Waals surface area (Å²) >= 11 is 12.0. The largest absolute Gasteiger partial charge is 0.285 e. The minimum absolute atomic E-state index is 0.241. The molecule has 0 aromatic heterocycles. The van der Waals surface area contributed by atoms with Crippen LogP contribution in [0.3, 0.4) is 0 Å². The number of allylic oxidation sites excluding steroid dienone is 1. The van der Waals surface area contributed by atoms with Crippen LogP contribution in [0.5, 0.6) is 0 Å². The predicted molar refractivity (Wildman–Crippen MR) is 92.2 cm³/mol. The average molecular weight is 372 g/mol. The van der Waals surface area contributed by atoms with Crippen LogP contribution in [0.4, 0.5) is 18.9 Å². The Morgan fingerprint density at radius 3 is 2.42 bits per heavy atom. The molecule has 2 nitrogen and oxygen atoms in total. The van der Waals surface area contributed by atoms with Crippen molar-refractivity contribution in [2.24, 2.45) is 5.10 Å². The summed E-state index contributed by atoms with van der Waals surface area (Å²) in [6, 6.07) is 9.00. The summed E-state index contributed by atoms with van der Waals surface area (Å²) in [6.45, 7) is 0. The highest BCUT2D eigenvalue weighted by atomic mass is 35.5. The van der Waals surface area contributed by atoms with Crippen molar-refractivity contribution in [1.82, 2.24) is 4.59 Å². The van der Waals surface area contributed by atoms with E-state index in [1.807, 2.05) is 0 Å². The first-order valence-corrected chi connectivity index (χ1v) is 7.75. The summed E-state index contributed by atoms with van der Waals surface area (Å²) in [4.78, 5) is 0. The van der Waals surface area contributed by atoms with Crippen molar-refractivity contribution in [1.29, 1.82) is 0 Å². The Balaban J connectivity index is 2.17. The van der Waals surface area contributed by atoms with Gasteiger partial charge in [0.1, 0.15) is 19.1 Å². The van der Waals surface area contributed by atoms with Crippen LogP contribution in [0.15, 0.2) is 53.8 Å². The molecule has 0 saturated heterocycles. The number of hydrogen-bond donors (Lipinski definition) is 0. The van der Waals surface area contributed by atoms with Gasteiger partial charge in [0, 0.05) is 17.7 Å². The maximum absolute atomic E-state index is 13.8. The van der Waals surface area contributed by atoms with Crippen LogP contribution in [0.2, 0.25) is 10.0 Å². The van der Waals surface area contributed by atoms with E-state index in [0.29, 0.717) is 26.9 Å². The number of quaternary nitrogens is 1. The highest BCUT2D eigenvalue weighted by Crippen LogP contribution is 2.39. The molecule has 1 aliphatic heterocycles. The number of hydrogen-bond acceptors (Lipinski definition) is 1. The molecule has 1 unspecified atom stereocenters. The van der Waals surface area contributed by atoms with Gasteiger partial charge in [-0.2, -0.15) is 0 Å². The molecular formula is C17H12Cl2F3N2+. The molecule has 0 bridgehead atoms. The highest BCUT2D eigenvalue weighted by molar-refractivity contribution is 6.42. The summed E-state index contributed by atoms with van der Waals surface area (Å²) in [5, 5.41) is 4.75. The van der Waals surface area contributed by atoms with Crippen molar-refractivity contribution in [2.75, 3.05) is 7.05 Å². The predicted octanol–water partition coefficient (Wildman–Crippen LogP) is 5.89. The molecule has 2 aromatic carbocycles. The van der Waals surface area contributed by atoms with Gasteiger partial charge in [-0.3, -0.25) is 0 Å². The zero-order valence-electron chi connectivity index (χ0n) is 12.5. The van der Waals surface area contributed by atoms with Gasteiger partial charge in [0.15, 0.2) is 11.4 Å². The standard InChI is InChI=1S/C17H12Cl2F3N2/c1-24(7-6-15(23-24)17(21)22)16-5-3-11(20)9-12(16)10-2-4-13(18)14(19)8-10/h2-9,17H,1H3/q+1. The molecular weight excluding hydrogens is 360 g/mol. The molecule has 1 aliphatic rings. The molecule has 7 heteroatoms. The fourth-order valence-electron chi connectivity index (χ4n) is 2.58. The number of alkyl halides is 2. The zero-order chi connectivity index (χ0) is 17.5. The van der Waals surface area contributed by atoms with Crippen molar-refractivity contribution in [2.45, 2.75) is 6.43 Å². The monoisotopic (exact) mass is 371 g/mol. The minimum Gasteiger partial charge on any atom is -0.207 e. The van der Waals surface area contributed by atoms with Crippen LogP contribution in [-0.2, 0) is 0 Å². The van der Waals surface area contributed by atoms with Gasteiger partial charge in [0.2, 0.25) is 0 Å². The number of benzene rings is 2. The second-order valence-electron chi connectivity index (χ2n) is 5.46. The van der Waals surface area contributed by atoms with Gasteiger partial charge < -0.3 is 0 Å². The fourth-order valence-corrected chi connectivity index (χ4v) is 2.87. The first-order chi connectivity index (χ1) is 11.3. The van der Waals surface area contributed by atoms with Crippen LogP contribution in [0.25, 0.3) is 11.1 Å². The van der Waals surface area contributed by atoms with Crippen LogP contribution < -0.4 is 4.59 Å². The SMILES string of the molecule is C[N+]1(c2ccc(F)cc2-c2ccc(Cl)c(Cl)c2)C=CC(C(F)F)=N1. The Morgan fingerprint density at radius 2 is 1.79 bits per heavy atom. The Labute approximate surface area is 147 Å². The third-order valence-corrected chi connectivity index (χ3v) is 4.50. The molecule has 1 heterocycles. The third kappa shape index (κ3) is 3.07. The molecule has 124 valence electrons. The molecule has 1 atom stereocenters. The molecule has 0 saturated carbocycles. The van der Waals surface area contributed by atoms with E-state index in [9.17, 15) is 13.2 Å². The molecule has 2 aromatic rings. The van der Waals surface area contributed by atoms with E-state index < -0.39 is 12.2 Å². The van der Waals surface area contributed by atoms with E-state index in [0.717, 1.165) is 0 Å². The Kier molecular flexibility index (Phi) is 4.42. The van der Waals surface area contributed by atoms with Crippen molar-refractivity contribution in [3.63, 3.8) is 0 Å². The van der Waals surface area contributed by atoms with Crippen molar-refractivity contribution in [3.8, 4) is 11.1 Å². The molecule has 0 amide bonds. The summed E-state index contributed by atoms with van der Waals surface area (Å²) in [6.07, 6.45) is 0.123. The lowest BCUT2D eigenvalue weighted by molar-refractivity contribution is 0.225. The maximum atomic E-state index is 13.8. The molecule has 0 radical (unpaired) electrons.